The Morgan fingerprint density at radius 1 is 1.11 bits per heavy atom. The first kappa shape index (κ1) is 24.2. The molecule has 6 nitrogen and oxygen atoms in total. The van der Waals surface area contributed by atoms with Gasteiger partial charge in [-0.15, -0.1) is 24.0 Å². The van der Waals surface area contributed by atoms with Crippen LogP contribution in [0, 0.1) is 0 Å². The number of aliphatic imine (C=N–C) groups is 1. The molecule has 0 spiro atoms. The molecule has 1 aromatic heterocycles. The van der Waals surface area contributed by atoms with E-state index in [1.54, 1.807) is 12.4 Å². The SMILES string of the molecule is CCNC(=NCC(O)c1ccncc1)NCCCN(CC)c1ccccc1.I. The largest absolute Gasteiger partial charge is 0.386 e. The number of pyridine rings is 1. The molecular weight excluding hydrogens is 465 g/mol. The van der Waals surface area contributed by atoms with Gasteiger partial charge in [0.05, 0.1) is 12.6 Å². The van der Waals surface area contributed by atoms with E-state index in [1.807, 2.05) is 25.1 Å². The van der Waals surface area contributed by atoms with Crippen molar-refractivity contribution >= 4 is 35.6 Å². The molecule has 7 heteroatoms. The number of aromatic nitrogens is 1. The number of para-hydroxylation sites is 1. The fourth-order valence-electron chi connectivity index (χ4n) is 2.80. The number of guanidine groups is 1. The molecule has 154 valence electrons. The lowest BCUT2D eigenvalue weighted by molar-refractivity contribution is 0.187. The summed E-state index contributed by atoms with van der Waals surface area (Å²) in [4.78, 5) is 10.8. The van der Waals surface area contributed by atoms with Gasteiger partial charge in [-0.1, -0.05) is 18.2 Å². The van der Waals surface area contributed by atoms with E-state index in [4.69, 9.17) is 0 Å². The Balaban J connectivity index is 0.00000392. The van der Waals surface area contributed by atoms with Gasteiger partial charge >= 0.3 is 0 Å². The lowest BCUT2D eigenvalue weighted by atomic mass is 10.1. The van der Waals surface area contributed by atoms with E-state index in [9.17, 15) is 5.11 Å². The molecule has 2 aromatic rings. The van der Waals surface area contributed by atoms with Gasteiger partial charge in [0, 0.05) is 44.3 Å². The Bertz CT molecular complexity index is 669. The maximum atomic E-state index is 10.2. The first-order chi connectivity index (χ1) is 13.2. The van der Waals surface area contributed by atoms with Crippen LogP contribution in [-0.2, 0) is 0 Å². The molecule has 0 bridgehead atoms. The van der Waals surface area contributed by atoms with Crippen molar-refractivity contribution in [2.24, 2.45) is 4.99 Å². The minimum atomic E-state index is -0.628. The maximum Gasteiger partial charge on any atom is 0.191 e. The van der Waals surface area contributed by atoms with E-state index < -0.39 is 6.10 Å². The third kappa shape index (κ3) is 8.43. The van der Waals surface area contributed by atoms with E-state index in [0.717, 1.165) is 44.1 Å². The smallest absolute Gasteiger partial charge is 0.191 e. The van der Waals surface area contributed by atoms with Crippen LogP contribution in [0.25, 0.3) is 0 Å². The second kappa shape index (κ2) is 14.2. The van der Waals surface area contributed by atoms with E-state index in [0.29, 0.717) is 6.54 Å². The second-order valence-corrected chi connectivity index (χ2v) is 6.21. The number of aliphatic hydroxyl groups excluding tert-OH is 1. The summed E-state index contributed by atoms with van der Waals surface area (Å²) in [5.41, 5.74) is 2.08. The average Bonchev–Trinajstić information content (AvgIpc) is 2.73. The highest BCUT2D eigenvalue weighted by molar-refractivity contribution is 14.0. The monoisotopic (exact) mass is 497 g/mol. The summed E-state index contributed by atoms with van der Waals surface area (Å²) < 4.78 is 0. The van der Waals surface area contributed by atoms with Crippen LogP contribution in [0.1, 0.15) is 31.9 Å². The Hall–Kier alpha value is -1.87. The van der Waals surface area contributed by atoms with Crippen LogP contribution in [-0.4, -0.2) is 48.8 Å². The topological polar surface area (TPSA) is 72.8 Å². The Labute approximate surface area is 185 Å². The molecule has 2 rings (SSSR count). The third-order valence-electron chi connectivity index (χ3n) is 4.26. The van der Waals surface area contributed by atoms with Gasteiger partial charge in [-0.05, 0) is 50.1 Å². The van der Waals surface area contributed by atoms with Crippen molar-refractivity contribution in [2.45, 2.75) is 26.4 Å². The number of anilines is 1. The molecule has 3 N–H and O–H groups in total. The Morgan fingerprint density at radius 2 is 1.82 bits per heavy atom. The molecule has 0 fully saturated rings. The maximum absolute atomic E-state index is 10.2. The minimum Gasteiger partial charge on any atom is -0.386 e. The highest BCUT2D eigenvalue weighted by Crippen LogP contribution is 2.13. The molecule has 1 atom stereocenters. The van der Waals surface area contributed by atoms with E-state index in [-0.39, 0.29) is 24.0 Å². The summed E-state index contributed by atoms with van der Waals surface area (Å²) in [6.45, 7) is 8.08. The standard InChI is InChI=1S/C21H31N5O.HI/c1-3-23-21(25-17-20(27)18-11-14-22-15-12-18)24-13-8-16-26(4-2)19-9-6-5-7-10-19;/h5-7,9-12,14-15,20,27H,3-4,8,13,16-17H2,1-2H3,(H2,23,24,25);1H. The Morgan fingerprint density at radius 3 is 2.46 bits per heavy atom. The zero-order valence-electron chi connectivity index (χ0n) is 16.7. The van der Waals surface area contributed by atoms with Crippen LogP contribution in [0.5, 0.6) is 0 Å². The lowest BCUT2D eigenvalue weighted by Crippen LogP contribution is -2.39. The van der Waals surface area contributed by atoms with Crippen molar-refractivity contribution in [2.75, 3.05) is 37.6 Å². The van der Waals surface area contributed by atoms with Crippen LogP contribution in [0.3, 0.4) is 0 Å². The highest BCUT2D eigenvalue weighted by atomic mass is 127. The predicted octanol–water partition coefficient (Wildman–Crippen LogP) is 3.20. The molecule has 0 radical (unpaired) electrons. The van der Waals surface area contributed by atoms with Gasteiger partial charge in [0.1, 0.15) is 0 Å². The van der Waals surface area contributed by atoms with Crippen LogP contribution >= 0.6 is 24.0 Å². The minimum absolute atomic E-state index is 0. The number of nitrogens with zero attached hydrogens (tertiary/aromatic N) is 3. The number of nitrogens with one attached hydrogen (secondary N) is 2. The number of aliphatic hydroxyl groups is 1. The zero-order chi connectivity index (χ0) is 19.3. The van der Waals surface area contributed by atoms with Gasteiger partial charge in [-0.2, -0.15) is 0 Å². The molecule has 0 aliphatic carbocycles. The molecule has 0 aliphatic rings. The molecule has 0 amide bonds. The number of rotatable bonds is 10. The van der Waals surface area contributed by atoms with Crippen molar-refractivity contribution in [3.63, 3.8) is 0 Å². The summed E-state index contributed by atoms with van der Waals surface area (Å²) in [5, 5.41) is 16.8. The van der Waals surface area contributed by atoms with Crippen molar-refractivity contribution in [1.29, 1.82) is 0 Å². The number of benzene rings is 1. The van der Waals surface area contributed by atoms with Gasteiger partial charge < -0.3 is 20.6 Å². The quantitative estimate of drug-likeness (QED) is 0.204. The van der Waals surface area contributed by atoms with Crippen molar-refractivity contribution in [3.05, 3.63) is 60.4 Å². The summed E-state index contributed by atoms with van der Waals surface area (Å²) in [5.74, 6) is 0.730. The highest BCUT2D eigenvalue weighted by Gasteiger charge is 2.07. The predicted molar refractivity (Wildman–Crippen MR) is 128 cm³/mol. The van der Waals surface area contributed by atoms with Crippen LogP contribution in [0.15, 0.2) is 59.9 Å². The summed E-state index contributed by atoms with van der Waals surface area (Å²) >= 11 is 0. The normalized spacial score (nSPS) is 12.0. The van der Waals surface area contributed by atoms with Gasteiger partial charge in [-0.25, -0.2) is 0 Å². The van der Waals surface area contributed by atoms with E-state index in [2.05, 4.69) is 56.7 Å². The van der Waals surface area contributed by atoms with E-state index >= 15 is 0 Å². The molecule has 0 saturated carbocycles. The molecule has 1 heterocycles. The van der Waals surface area contributed by atoms with E-state index in [1.165, 1.54) is 5.69 Å². The first-order valence-corrected chi connectivity index (χ1v) is 9.64. The molecule has 1 unspecified atom stereocenters. The number of hydrogen-bond acceptors (Lipinski definition) is 4. The number of hydrogen-bond donors (Lipinski definition) is 3. The second-order valence-electron chi connectivity index (χ2n) is 6.21. The lowest BCUT2D eigenvalue weighted by Gasteiger charge is -2.23. The summed E-state index contributed by atoms with van der Waals surface area (Å²) in [6, 6.07) is 14.1. The van der Waals surface area contributed by atoms with Gasteiger partial charge in [0.2, 0.25) is 0 Å². The van der Waals surface area contributed by atoms with Crippen molar-refractivity contribution < 1.29 is 5.11 Å². The summed E-state index contributed by atoms with van der Waals surface area (Å²) in [6.07, 6.45) is 3.73. The van der Waals surface area contributed by atoms with Gasteiger partial charge in [0.25, 0.3) is 0 Å². The molecule has 0 aliphatic heterocycles. The van der Waals surface area contributed by atoms with Crippen LogP contribution < -0.4 is 15.5 Å². The Kier molecular flexibility index (Phi) is 12.2. The zero-order valence-corrected chi connectivity index (χ0v) is 19.0. The fraction of sp³-hybridized carbons (Fsp3) is 0.429. The number of halogens is 1. The van der Waals surface area contributed by atoms with Crippen molar-refractivity contribution in [3.8, 4) is 0 Å². The van der Waals surface area contributed by atoms with Crippen LogP contribution in [0.2, 0.25) is 0 Å². The average molecular weight is 497 g/mol. The fourth-order valence-corrected chi connectivity index (χ4v) is 2.80. The van der Waals surface area contributed by atoms with Gasteiger partial charge in [0.15, 0.2) is 5.96 Å². The van der Waals surface area contributed by atoms with Gasteiger partial charge in [-0.3, -0.25) is 9.98 Å². The molecular formula is C21H32IN5O. The van der Waals surface area contributed by atoms with Crippen LogP contribution in [0.4, 0.5) is 5.69 Å². The first-order valence-electron chi connectivity index (χ1n) is 9.64. The molecule has 0 saturated heterocycles. The molecule has 1 aromatic carbocycles. The summed E-state index contributed by atoms with van der Waals surface area (Å²) in [7, 11) is 0. The van der Waals surface area contributed by atoms with Crippen molar-refractivity contribution in [1.82, 2.24) is 15.6 Å². The molecule has 28 heavy (non-hydrogen) atoms. The third-order valence-corrected chi connectivity index (χ3v) is 4.26.